The molecule has 0 unspecified atom stereocenters. The Bertz CT molecular complexity index is 504. The Balaban J connectivity index is 1.66. The number of aryl methyl sites for hydroxylation is 1. The molecule has 1 amide bonds. The zero-order chi connectivity index (χ0) is 14.0. The van der Waals surface area contributed by atoms with Crippen LogP contribution in [0.15, 0.2) is 12.3 Å². The third-order valence-electron chi connectivity index (χ3n) is 4.75. The van der Waals surface area contributed by atoms with Gasteiger partial charge in [-0.1, -0.05) is 12.8 Å². The maximum absolute atomic E-state index is 12.7. The van der Waals surface area contributed by atoms with Gasteiger partial charge < -0.3 is 10.6 Å². The Morgan fingerprint density at radius 3 is 3.30 bits per heavy atom. The molecule has 2 atom stereocenters. The Morgan fingerprint density at radius 2 is 2.45 bits per heavy atom. The van der Waals surface area contributed by atoms with Crippen LogP contribution >= 0.6 is 0 Å². The average Bonchev–Trinajstić information content (AvgIpc) is 2.90. The number of aromatic nitrogens is 2. The number of fused-ring (bicyclic) bond motifs is 1. The van der Waals surface area contributed by atoms with E-state index in [1.54, 1.807) is 6.20 Å². The molecular weight excluding hydrogens is 252 g/mol. The van der Waals surface area contributed by atoms with E-state index >= 15 is 0 Å². The lowest BCUT2D eigenvalue weighted by atomic mass is 9.67. The first kappa shape index (κ1) is 13.5. The highest BCUT2D eigenvalue weighted by atomic mass is 16.2. The van der Waals surface area contributed by atoms with Crippen LogP contribution < -0.4 is 10.6 Å². The summed E-state index contributed by atoms with van der Waals surface area (Å²) in [5.74, 6) is 1.44. The molecule has 5 heteroatoms. The molecule has 1 aliphatic heterocycles. The van der Waals surface area contributed by atoms with Crippen LogP contribution in [-0.2, 0) is 11.3 Å². The van der Waals surface area contributed by atoms with Crippen LogP contribution in [0.2, 0.25) is 0 Å². The third-order valence-corrected chi connectivity index (χ3v) is 4.75. The highest BCUT2D eigenvalue weighted by Crippen LogP contribution is 2.43. The van der Waals surface area contributed by atoms with Gasteiger partial charge in [0.2, 0.25) is 5.91 Å². The summed E-state index contributed by atoms with van der Waals surface area (Å²) in [6, 6.07) is 1.86. The molecule has 2 aliphatic rings. The van der Waals surface area contributed by atoms with Crippen molar-refractivity contribution < 1.29 is 4.79 Å². The number of hydrogen-bond donors (Lipinski definition) is 2. The largest absolute Gasteiger partial charge is 0.350 e. The molecule has 0 spiro atoms. The van der Waals surface area contributed by atoms with E-state index in [4.69, 9.17) is 0 Å². The Labute approximate surface area is 119 Å². The first-order chi connectivity index (χ1) is 9.71. The molecule has 2 N–H and O–H groups in total. The SMILES string of the molecule is Cc1nccc(CNC(=O)[C@@]23CCCC[C@H]2CNC3)n1. The lowest BCUT2D eigenvalue weighted by Gasteiger charge is -2.37. The van der Waals surface area contributed by atoms with Gasteiger partial charge in [0.05, 0.1) is 17.7 Å². The summed E-state index contributed by atoms with van der Waals surface area (Å²) in [6.45, 7) is 4.17. The predicted octanol–water partition coefficient (Wildman–Crippen LogP) is 1.18. The summed E-state index contributed by atoms with van der Waals surface area (Å²) in [4.78, 5) is 21.1. The zero-order valence-corrected chi connectivity index (χ0v) is 12.0. The molecule has 2 heterocycles. The average molecular weight is 274 g/mol. The zero-order valence-electron chi connectivity index (χ0n) is 12.0. The van der Waals surface area contributed by atoms with Gasteiger partial charge in [-0.2, -0.15) is 0 Å². The van der Waals surface area contributed by atoms with Crippen molar-refractivity contribution in [1.82, 2.24) is 20.6 Å². The molecule has 1 saturated heterocycles. The van der Waals surface area contributed by atoms with E-state index < -0.39 is 0 Å². The molecule has 108 valence electrons. The van der Waals surface area contributed by atoms with Crippen LogP contribution in [0.25, 0.3) is 0 Å². The fourth-order valence-electron chi connectivity index (χ4n) is 3.64. The highest BCUT2D eigenvalue weighted by Gasteiger charge is 2.49. The lowest BCUT2D eigenvalue weighted by molar-refractivity contribution is -0.134. The van der Waals surface area contributed by atoms with Crippen molar-refractivity contribution in [3.63, 3.8) is 0 Å². The fourth-order valence-corrected chi connectivity index (χ4v) is 3.64. The topological polar surface area (TPSA) is 66.9 Å². The summed E-state index contributed by atoms with van der Waals surface area (Å²) < 4.78 is 0. The monoisotopic (exact) mass is 274 g/mol. The number of nitrogens with zero attached hydrogens (tertiary/aromatic N) is 2. The third kappa shape index (κ3) is 2.42. The number of hydrogen-bond acceptors (Lipinski definition) is 4. The quantitative estimate of drug-likeness (QED) is 0.868. The second-order valence-corrected chi connectivity index (χ2v) is 6.01. The van der Waals surface area contributed by atoms with Gasteiger partial charge in [0.25, 0.3) is 0 Å². The first-order valence-electron chi connectivity index (χ1n) is 7.48. The van der Waals surface area contributed by atoms with Crippen LogP contribution in [0, 0.1) is 18.3 Å². The molecule has 1 aromatic rings. The summed E-state index contributed by atoms with van der Waals surface area (Å²) in [5.41, 5.74) is 0.695. The summed E-state index contributed by atoms with van der Waals surface area (Å²) >= 11 is 0. The first-order valence-corrected chi connectivity index (χ1v) is 7.48. The second-order valence-electron chi connectivity index (χ2n) is 6.01. The van der Waals surface area contributed by atoms with Crippen molar-refractivity contribution in [3.8, 4) is 0 Å². The molecule has 0 aromatic carbocycles. The van der Waals surface area contributed by atoms with E-state index in [9.17, 15) is 4.79 Å². The minimum atomic E-state index is -0.180. The van der Waals surface area contributed by atoms with Gasteiger partial charge >= 0.3 is 0 Å². The molecule has 1 aliphatic carbocycles. The predicted molar refractivity (Wildman–Crippen MR) is 75.9 cm³/mol. The molecule has 0 radical (unpaired) electrons. The maximum Gasteiger partial charge on any atom is 0.228 e. The van der Waals surface area contributed by atoms with Crippen LogP contribution in [0.1, 0.15) is 37.2 Å². The molecule has 20 heavy (non-hydrogen) atoms. The van der Waals surface area contributed by atoms with Gasteiger partial charge in [-0.25, -0.2) is 9.97 Å². The number of carbonyl (C=O) groups is 1. The van der Waals surface area contributed by atoms with Gasteiger partial charge in [0.1, 0.15) is 5.82 Å². The smallest absolute Gasteiger partial charge is 0.228 e. The molecular formula is C15H22N4O. The number of amides is 1. The van der Waals surface area contributed by atoms with E-state index in [0.29, 0.717) is 12.5 Å². The van der Waals surface area contributed by atoms with E-state index in [2.05, 4.69) is 20.6 Å². The number of carbonyl (C=O) groups excluding carboxylic acids is 1. The summed E-state index contributed by atoms with van der Waals surface area (Å²) in [5, 5.41) is 6.50. The Hall–Kier alpha value is -1.49. The van der Waals surface area contributed by atoms with Crippen molar-refractivity contribution in [1.29, 1.82) is 0 Å². The normalized spacial score (nSPS) is 28.9. The maximum atomic E-state index is 12.7. The summed E-state index contributed by atoms with van der Waals surface area (Å²) in [6.07, 6.45) is 6.35. The van der Waals surface area contributed by atoms with E-state index in [-0.39, 0.29) is 11.3 Å². The molecule has 0 bridgehead atoms. The van der Waals surface area contributed by atoms with Crippen molar-refractivity contribution in [2.75, 3.05) is 13.1 Å². The van der Waals surface area contributed by atoms with Crippen molar-refractivity contribution in [2.45, 2.75) is 39.2 Å². The molecule has 2 fully saturated rings. The molecule has 3 rings (SSSR count). The van der Waals surface area contributed by atoms with Gasteiger partial charge in [-0.15, -0.1) is 0 Å². The van der Waals surface area contributed by atoms with Crippen molar-refractivity contribution >= 4 is 5.91 Å². The van der Waals surface area contributed by atoms with Crippen LogP contribution in [0.3, 0.4) is 0 Å². The van der Waals surface area contributed by atoms with E-state index in [1.165, 1.54) is 12.8 Å². The fraction of sp³-hybridized carbons (Fsp3) is 0.667. The Morgan fingerprint density at radius 1 is 1.55 bits per heavy atom. The van der Waals surface area contributed by atoms with Gasteiger partial charge in [0, 0.05) is 12.7 Å². The Kier molecular flexibility index (Phi) is 3.70. The van der Waals surface area contributed by atoms with Crippen LogP contribution in [0.4, 0.5) is 0 Å². The van der Waals surface area contributed by atoms with Crippen molar-refractivity contribution in [3.05, 3.63) is 23.8 Å². The van der Waals surface area contributed by atoms with Crippen LogP contribution in [0.5, 0.6) is 0 Å². The van der Waals surface area contributed by atoms with Gasteiger partial charge in [-0.05, 0) is 38.3 Å². The number of rotatable bonds is 3. The summed E-state index contributed by atoms with van der Waals surface area (Å²) in [7, 11) is 0. The van der Waals surface area contributed by atoms with Crippen LogP contribution in [-0.4, -0.2) is 29.0 Å². The second kappa shape index (κ2) is 5.48. The minimum absolute atomic E-state index is 0.180. The number of nitrogens with one attached hydrogen (secondary N) is 2. The molecule has 1 saturated carbocycles. The minimum Gasteiger partial charge on any atom is -0.350 e. The molecule has 5 nitrogen and oxygen atoms in total. The highest BCUT2D eigenvalue weighted by molar-refractivity contribution is 5.83. The lowest BCUT2D eigenvalue weighted by Crippen LogP contribution is -2.47. The standard InChI is InChI=1S/C15H22N4O/c1-11-17-7-5-13(19-11)9-18-14(20)15-6-3-2-4-12(15)8-16-10-15/h5,7,12,16H,2-4,6,8-10H2,1H3,(H,18,20)/t12-,15+/m0/s1. The van der Waals surface area contributed by atoms with E-state index in [1.807, 2.05) is 13.0 Å². The van der Waals surface area contributed by atoms with Gasteiger partial charge in [0.15, 0.2) is 0 Å². The molecule has 1 aromatic heterocycles. The van der Waals surface area contributed by atoms with E-state index in [0.717, 1.165) is 37.4 Å². The van der Waals surface area contributed by atoms with Crippen molar-refractivity contribution in [2.24, 2.45) is 11.3 Å². The van der Waals surface area contributed by atoms with Gasteiger partial charge in [-0.3, -0.25) is 4.79 Å².